The summed E-state index contributed by atoms with van der Waals surface area (Å²) >= 11 is 1.64. The van der Waals surface area contributed by atoms with Crippen molar-refractivity contribution in [2.75, 3.05) is 12.0 Å². The van der Waals surface area contributed by atoms with Gasteiger partial charge in [0.05, 0.1) is 16.1 Å². The maximum atomic E-state index is 11.5. The summed E-state index contributed by atoms with van der Waals surface area (Å²) in [5, 5.41) is 0. The van der Waals surface area contributed by atoms with Crippen LogP contribution in [-0.4, -0.2) is 19.7 Å². The summed E-state index contributed by atoms with van der Waals surface area (Å²) in [6, 6.07) is 15.0. The highest BCUT2D eigenvalue weighted by Crippen LogP contribution is 2.21. The summed E-state index contributed by atoms with van der Waals surface area (Å²) in [4.78, 5) is 6.08. The van der Waals surface area contributed by atoms with E-state index in [-0.39, 0.29) is 0 Å². The lowest BCUT2D eigenvalue weighted by Crippen LogP contribution is -1.99. The number of anilines is 1. The predicted molar refractivity (Wildman–Crippen MR) is 103 cm³/mol. The fourth-order valence-electron chi connectivity index (χ4n) is 2.63. The van der Waals surface area contributed by atoms with Crippen LogP contribution < -0.4 is 5.73 Å². The second kappa shape index (κ2) is 7.37. The molecule has 3 rings (SSSR count). The summed E-state index contributed by atoms with van der Waals surface area (Å²) in [7, 11) is -3.15. The molecule has 0 aliphatic carbocycles. The van der Waals surface area contributed by atoms with Gasteiger partial charge in [0.1, 0.15) is 0 Å². The highest BCUT2D eigenvalue weighted by molar-refractivity contribution is 7.90. The molecule has 4 nitrogen and oxygen atoms in total. The summed E-state index contributed by atoms with van der Waals surface area (Å²) in [5.41, 5.74) is 11.8. The fourth-order valence-corrected chi connectivity index (χ4v) is 4.11. The van der Waals surface area contributed by atoms with Gasteiger partial charge < -0.3 is 5.73 Å². The van der Waals surface area contributed by atoms with Gasteiger partial charge in [0, 0.05) is 23.2 Å². The number of nitrogens with zero attached hydrogens (tertiary/aromatic N) is 1. The number of thiazole rings is 1. The van der Waals surface area contributed by atoms with Crippen LogP contribution in [0, 0.1) is 0 Å². The van der Waals surface area contributed by atoms with Crippen LogP contribution in [-0.2, 0) is 29.1 Å². The molecule has 3 aromatic rings. The van der Waals surface area contributed by atoms with Crippen molar-refractivity contribution in [1.29, 1.82) is 0 Å². The van der Waals surface area contributed by atoms with E-state index in [9.17, 15) is 8.42 Å². The van der Waals surface area contributed by atoms with Gasteiger partial charge in [-0.15, -0.1) is 11.3 Å². The quantitative estimate of drug-likeness (QED) is 0.672. The Bertz CT molecular complexity index is 944. The van der Waals surface area contributed by atoms with Crippen LogP contribution in [0.4, 0.5) is 5.69 Å². The number of nitrogens with two attached hydrogens (primary N) is 1. The Kier molecular flexibility index (Phi) is 5.20. The number of aryl methyl sites for hydroxylation is 2. The molecule has 0 saturated carbocycles. The van der Waals surface area contributed by atoms with Crippen molar-refractivity contribution >= 4 is 26.9 Å². The summed E-state index contributed by atoms with van der Waals surface area (Å²) < 4.78 is 23.1. The molecule has 25 heavy (non-hydrogen) atoms. The van der Waals surface area contributed by atoms with Gasteiger partial charge in [-0.1, -0.05) is 24.3 Å². The van der Waals surface area contributed by atoms with Crippen molar-refractivity contribution in [3.05, 3.63) is 75.7 Å². The zero-order chi connectivity index (χ0) is 17.9. The first kappa shape index (κ1) is 17.6. The molecule has 0 bridgehead atoms. The summed E-state index contributed by atoms with van der Waals surface area (Å²) in [5.74, 6) is 0. The first-order valence-corrected chi connectivity index (χ1v) is 10.7. The Balaban J connectivity index is 1.68. The number of sulfone groups is 1. The van der Waals surface area contributed by atoms with Crippen LogP contribution in [0.1, 0.15) is 21.7 Å². The lowest BCUT2D eigenvalue weighted by atomic mass is 10.0. The molecule has 1 aromatic heterocycles. The van der Waals surface area contributed by atoms with Crippen LogP contribution >= 0.6 is 11.3 Å². The highest BCUT2D eigenvalue weighted by atomic mass is 32.2. The normalized spacial score (nSPS) is 11.6. The first-order chi connectivity index (χ1) is 11.9. The molecule has 0 radical (unpaired) electrons. The zero-order valence-electron chi connectivity index (χ0n) is 14.0. The summed E-state index contributed by atoms with van der Waals surface area (Å²) in [6.07, 6.45) is 3.79. The Morgan fingerprint density at radius 3 is 2.24 bits per heavy atom. The minimum absolute atomic E-state index is 0.351. The van der Waals surface area contributed by atoms with Gasteiger partial charge in [0.25, 0.3) is 0 Å². The third kappa shape index (κ3) is 4.67. The van der Waals surface area contributed by atoms with Crippen molar-refractivity contribution in [2.24, 2.45) is 0 Å². The molecule has 0 fully saturated rings. The van der Waals surface area contributed by atoms with E-state index in [1.807, 2.05) is 41.9 Å². The Morgan fingerprint density at radius 1 is 0.960 bits per heavy atom. The number of benzene rings is 2. The predicted octanol–water partition coefficient (Wildman–Crippen LogP) is 3.50. The van der Waals surface area contributed by atoms with Crippen LogP contribution in [0.3, 0.4) is 0 Å². The van der Waals surface area contributed by atoms with Crippen LogP contribution in [0.5, 0.6) is 0 Å². The zero-order valence-corrected chi connectivity index (χ0v) is 15.6. The molecule has 0 atom stereocenters. The van der Waals surface area contributed by atoms with Crippen molar-refractivity contribution in [3.63, 3.8) is 0 Å². The van der Waals surface area contributed by atoms with Crippen LogP contribution in [0.25, 0.3) is 0 Å². The molecule has 0 spiro atoms. The molecule has 0 saturated heterocycles. The maximum Gasteiger partial charge on any atom is 0.175 e. The van der Waals surface area contributed by atoms with Gasteiger partial charge in [-0.05, 0) is 48.2 Å². The van der Waals surface area contributed by atoms with E-state index in [1.165, 1.54) is 16.7 Å². The molecule has 2 aromatic carbocycles. The fraction of sp³-hybridized carbons (Fsp3) is 0.211. The van der Waals surface area contributed by atoms with Gasteiger partial charge in [-0.25, -0.2) is 13.4 Å². The molecule has 2 N–H and O–H groups in total. The number of aromatic nitrogens is 1. The van der Waals surface area contributed by atoms with E-state index in [1.54, 1.807) is 23.5 Å². The summed E-state index contributed by atoms with van der Waals surface area (Å²) in [6.45, 7) is 0. The Hall–Kier alpha value is -2.18. The van der Waals surface area contributed by atoms with Crippen molar-refractivity contribution in [1.82, 2.24) is 4.98 Å². The van der Waals surface area contributed by atoms with E-state index in [0.29, 0.717) is 4.90 Å². The molecule has 0 amide bonds. The average molecular weight is 373 g/mol. The minimum atomic E-state index is -3.15. The third-order valence-corrected chi connectivity index (χ3v) is 6.08. The van der Waals surface area contributed by atoms with E-state index in [4.69, 9.17) is 5.73 Å². The van der Waals surface area contributed by atoms with Gasteiger partial charge in [-0.3, -0.25) is 0 Å². The second-order valence-electron chi connectivity index (χ2n) is 6.06. The molecular weight excluding hydrogens is 352 g/mol. The molecule has 130 valence electrons. The first-order valence-electron chi connectivity index (χ1n) is 7.96. The number of nitrogen functional groups attached to an aromatic ring is 1. The number of hydrogen-bond acceptors (Lipinski definition) is 5. The van der Waals surface area contributed by atoms with Gasteiger partial charge in [0.15, 0.2) is 9.84 Å². The topological polar surface area (TPSA) is 73.0 Å². The SMILES string of the molecule is CS(=O)(=O)c1ccc(Cc2scnc2CCc2ccc(N)cc2)cc1. The molecular formula is C19H20N2O2S2. The molecule has 0 aliphatic heterocycles. The number of hydrogen-bond donors (Lipinski definition) is 1. The maximum absolute atomic E-state index is 11.5. The van der Waals surface area contributed by atoms with E-state index < -0.39 is 9.84 Å². The van der Waals surface area contributed by atoms with Crippen molar-refractivity contribution in [2.45, 2.75) is 24.2 Å². The molecule has 0 aliphatic rings. The molecule has 0 unspecified atom stereocenters. The monoisotopic (exact) mass is 372 g/mol. The van der Waals surface area contributed by atoms with Crippen molar-refractivity contribution < 1.29 is 8.42 Å². The van der Waals surface area contributed by atoms with Gasteiger partial charge >= 0.3 is 0 Å². The van der Waals surface area contributed by atoms with Crippen LogP contribution in [0.2, 0.25) is 0 Å². The van der Waals surface area contributed by atoms with Gasteiger partial charge in [0.2, 0.25) is 0 Å². The van der Waals surface area contributed by atoms with Gasteiger partial charge in [-0.2, -0.15) is 0 Å². The lowest BCUT2D eigenvalue weighted by Gasteiger charge is -2.05. The lowest BCUT2D eigenvalue weighted by molar-refractivity contribution is 0.602. The van der Waals surface area contributed by atoms with E-state index in [0.717, 1.165) is 36.2 Å². The molecule has 6 heteroatoms. The largest absolute Gasteiger partial charge is 0.399 e. The van der Waals surface area contributed by atoms with E-state index >= 15 is 0 Å². The standard InChI is InChI=1S/C19H20N2O2S2/c1-25(22,23)17-9-4-15(5-10-17)12-19-18(21-13-24-19)11-6-14-2-7-16(20)8-3-14/h2-5,7-10,13H,6,11-12,20H2,1H3. The molecule has 1 heterocycles. The number of rotatable bonds is 6. The smallest absolute Gasteiger partial charge is 0.175 e. The van der Waals surface area contributed by atoms with Crippen molar-refractivity contribution in [3.8, 4) is 0 Å². The highest BCUT2D eigenvalue weighted by Gasteiger charge is 2.10. The van der Waals surface area contributed by atoms with Crippen LogP contribution in [0.15, 0.2) is 58.9 Å². The second-order valence-corrected chi connectivity index (χ2v) is 9.01. The Labute approximate surface area is 152 Å². The minimum Gasteiger partial charge on any atom is -0.399 e. The van der Waals surface area contributed by atoms with E-state index in [2.05, 4.69) is 4.98 Å². The average Bonchev–Trinajstić information content (AvgIpc) is 3.01. The Morgan fingerprint density at radius 2 is 1.60 bits per heavy atom. The third-order valence-electron chi connectivity index (χ3n) is 4.07.